The zero-order valence-corrected chi connectivity index (χ0v) is 13.8. The van der Waals surface area contributed by atoms with Crippen molar-refractivity contribution in [2.24, 2.45) is 5.92 Å². The van der Waals surface area contributed by atoms with E-state index in [0.29, 0.717) is 5.92 Å². The van der Waals surface area contributed by atoms with Gasteiger partial charge in [-0.15, -0.1) is 0 Å². The van der Waals surface area contributed by atoms with Gasteiger partial charge in [-0.05, 0) is 32.3 Å². The Balaban J connectivity index is 2.53. The van der Waals surface area contributed by atoms with E-state index in [9.17, 15) is 4.79 Å². The number of amides is 1. The van der Waals surface area contributed by atoms with Gasteiger partial charge in [-0.2, -0.15) is 0 Å². The third kappa shape index (κ3) is 5.76. The lowest BCUT2D eigenvalue weighted by Gasteiger charge is -2.21. The molecule has 0 aromatic heterocycles. The topological polar surface area (TPSA) is 50.4 Å². The molecular formula is C17H28N2O2. The Morgan fingerprint density at radius 3 is 2.48 bits per heavy atom. The molecule has 0 heterocycles. The Labute approximate surface area is 128 Å². The Bertz CT molecular complexity index is 446. The second-order valence-electron chi connectivity index (χ2n) is 5.83. The summed E-state index contributed by atoms with van der Waals surface area (Å²) < 4.78 is 5.36. The normalized spacial score (nSPS) is 13.8. The number of nitrogens with one attached hydrogen (secondary N) is 2. The molecule has 4 heteroatoms. The van der Waals surface area contributed by atoms with E-state index in [1.165, 1.54) is 0 Å². The highest BCUT2D eigenvalue weighted by Crippen LogP contribution is 2.24. The molecule has 0 radical (unpaired) electrons. The highest BCUT2D eigenvalue weighted by atomic mass is 16.5. The number of para-hydroxylation sites is 1. The molecule has 2 atom stereocenters. The molecule has 21 heavy (non-hydrogen) atoms. The van der Waals surface area contributed by atoms with Gasteiger partial charge >= 0.3 is 0 Å². The summed E-state index contributed by atoms with van der Waals surface area (Å²) in [5, 5.41) is 6.28. The molecule has 0 bridgehead atoms. The number of carbonyl (C=O) groups excluding carboxylic acids is 1. The molecule has 1 unspecified atom stereocenters. The minimum Gasteiger partial charge on any atom is -0.496 e. The van der Waals surface area contributed by atoms with Crippen molar-refractivity contribution in [3.8, 4) is 5.75 Å². The van der Waals surface area contributed by atoms with Gasteiger partial charge in [0, 0.05) is 18.2 Å². The van der Waals surface area contributed by atoms with Crippen molar-refractivity contribution >= 4 is 5.91 Å². The fourth-order valence-corrected chi connectivity index (χ4v) is 2.20. The molecule has 1 aromatic carbocycles. The molecule has 0 aliphatic carbocycles. The van der Waals surface area contributed by atoms with Crippen molar-refractivity contribution in [2.75, 3.05) is 13.7 Å². The third-order valence-electron chi connectivity index (χ3n) is 3.52. The van der Waals surface area contributed by atoms with Crippen molar-refractivity contribution < 1.29 is 9.53 Å². The fourth-order valence-electron chi connectivity index (χ4n) is 2.20. The average Bonchev–Trinajstić information content (AvgIpc) is 2.46. The first-order chi connectivity index (χ1) is 9.95. The predicted octanol–water partition coefficient (Wildman–Crippen LogP) is 2.90. The largest absolute Gasteiger partial charge is 0.496 e. The minimum absolute atomic E-state index is 0.0393. The van der Waals surface area contributed by atoms with Gasteiger partial charge in [-0.3, -0.25) is 10.1 Å². The summed E-state index contributed by atoms with van der Waals surface area (Å²) in [6.45, 7) is 8.95. The van der Waals surface area contributed by atoms with Crippen LogP contribution in [-0.2, 0) is 4.79 Å². The first-order valence-electron chi connectivity index (χ1n) is 7.62. The van der Waals surface area contributed by atoms with Crippen LogP contribution in [0.4, 0.5) is 0 Å². The lowest BCUT2D eigenvalue weighted by molar-refractivity contribution is -0.122. The summed E-state index contributed by atoms with van der Waals surface area (Å²) in [4.78, 5) is 12.0. The van der Waals surface area contributed by atoms with Crippen LogP contribution in [0.15, 0.2) is 24.3 Å². The molecule has 4 nitrogen and oxygen atoms in total. The average molecular weight is 292 g/mol. The summed E-state index contributed by atoms with van der Waals surface area (Å²) >= 11 is 0. The first-order valence-corrected chi connectivity index (χ1v) is 7.62. The zero-order chi connectivity index (χ0) is 15.8. The Kier molecular flexibility index (Phi) is 7.23. The second kappa shape index (κ2) is 8.67. The summed E-state index contributed by atoms with van der Waals surface area (Å²) in [5.41, 5.74) is 1.06. The molecule has 0 saturated heterocycles. The maximum absolute atomic E-state index is 12.0. The van der Waals surface area contributed by atoms with Crippen LogP contribution in [0.5, 0.6) is 5.75 Å². The third-order valence-corrected chi connectivity index (χ3v) is 3.52. The number of hydrogen-bond acceptors (Lipinski definition) is 3. The van der Waals surface area contributed by atoms with Crippen LogP contribution in [0.1, 0.15) is 45.7 Å². The van der Waals surface area contributed by atoms with Crippen molar-refractivity contribution in [1.82, 2.24) is 10.6 Å². The molecule has 1 rings (SSSR count). The van der Waals surface area contributed by atoms with E-state index in [2.05, 4.69) is 24.5 Å². The Hall–Kier alpha value is -1.55. The monoisotopic (exact) mass is 292 g/mol. The van der Waals surface area contributed by atoms with Gasteiger partial charge in [0.15, 0.2) is 0 Å². The van der Waals surface area contributed by atoms with E-state index < -0.39 is 0 Å². The number of methoxy groups -OCH3 is 1. The lowest BCUT2D eigenvalue weighted by atomic mass is 10.1. The standard InChI is InChI=1S/C17H28N2O2/c1-12(2)10-11-18-17(20)14(4)19-13(3)15-8-6-7-9-16(15)21-5/h6-9,12-14,19H,10-11H2,1-5H3,(H,18,20)/t13-,14?/m0/s1. The summed E-state index contributed by atoms with van der Waals surface area (Å²) in [6.07, 6.45) is 1.00. The highest BCUT2D eigenvalue weighted by Gasteiger charge is 2.17. The van der Waals surface area contributed by atoms with Gasteiger partial charge in [0.1, 0.15) is 5.75 Å². The minimum atomic E-state index is -0.239. The summed E-state index contributed by atoms with van der Waals surface area (Å²) in [6, 6.07) is 7.67. The number of carbonyl (C=O) groups is 1. The fraction of sp³-hybridized carbons (Fsp3) is 0.588. The van der Waals surface area contributed by atoms with Crippen LogP contribution >= 0.6 is 0 Å². The van der Waals surface area contributed by atoms with E-state index in [-0.39, 0.29) is 18.0 Å². The van der Waals surface area contributed by atoms with Gasteiger partial charge in [-0.25, -0.2) is 0 Å². The van der Waals surface area contributed by atoms with E-state index in [0.717, 1.165) is 24.3 Å². The van der Waals surface area contributed by atoms with Gasteiger partial charge in [0.2, 0.25) is 5.91 Å². The molecule has 1 amide bonds. The highest BCUT2D eigenvalue weighted by molar-refractivity contribution is 5.81. The van der Waals surface area contributed by atoms with Crippen LogP contribution in [0.3, 0.4) is 0 Å². The predicted molar refractivity (Wildman–Crippen MR) is 86.5 cm³/mol. The van der Waals surface area contributed by atoms with Crippen LogP contribution in [0.2, 0.25) is 0 Å². The molecule has 0 spiro atoms. The van der Waals surface area contributed by atoms with Crippen LogP contribution in [0, 0.1) is 5.92 Å². The molecular weight excluding hydrogens is 264 g/mol. The van der Waals surface area contributed by atoms with Gasteiger partial charge in [0.25, 0.3) is 0 Å². The second-order valence-corrected chi connectivity index (χ2v) is 5.83. The van der Waals surface area contributed by atoms with E-state index in [1.807, 2.05) is 38.1 Å². The molecule has 0 saturated carbocycles. The summed E-state index contributed by atoms with van der Waals surface area (Å²) in [5.74, 6) is 1.48. The number of hydrogen-bond donors (Lipinski definition) is 2. The van der Waals surface area contributed by atoms with Crippen molar-refractivity contribution in [2.45, 2.75) is 46.2 Å². The van der Waals surface area contributed by atoms with E-state index >= 15 is 0 Å². The molecule has 0 aliphatic rings. The first kappa shape index (κ1) is 17.5. The van der Waals surface area contributed by atoms with Crippen molar-refractivity contribution in [1.29, 1.82) is 0 Å². The van der Waals surface area contributed by atoms with Crippen molar-refractivity contribution in [3.05, 3.63) is 29.8 Å². The smallest absolute Gasteiger partial charge is 0.236 e. The van der Waals surface area contributed by atoms with Crippen LogP contribution < -0.4 is 15.4 Å². The van der Waals surface area contributed by atoms with E-state index in [1.54, 1.807) is 7.11 Å². The quantitative estimate of drug-likeness (QED) is 0.774. The summed E-state index contributed by atoms with van der Waals surface area (Å²) in [7, 11) is 1.66. The van der Waals surface area contributed by atoms with Gasteiger partial charge in [0.05, 0.1) is 13.2 Å². The van der Waals surface area contributed by atoms with Crippen LogP contribution in [-0.4, -0.2) is 25.6 Å². The number of rotatable bonds is 8. The number of ether oxygens (including phenoxy) is 1. The lowest BCUT2D eigenvalue weighted by Crippen LogP contribution is -2.43. The molecule has 0 aliphatic heterocycles. The van der Waals surface area contributed by atoms with Gasteiger partial charge in [-0.1, -0.05) is 32.0 Å². The molecule has 0 fully saturated rings. The molecule has 1 aromatic rings. The SMILES string of the molecule is COc1ccccc1[C@H](C)NC(C)C(=O)NCCC(C)C. The molecule has 118 valence electrons. The van der Waals surface area contributed by atoms with Gasteiger partial charge < -0.3 is 10.1 Å². The maximum Gasteiger partial charge on any atom is 0.236 e. The number of benzene rings is 1. The Morgan fingerprint density at radius 1 is 1.19 bits per heavy atom. The van der Waals surface area contributed by atoms with Crippen LogP contribution in [0.25, 0.3) is 0 Å². The molecule has 2 N–H and O–H groups in total. The maximum atomic E-state index is 12.0. The van der Waals surface area contributed by atoms with Crippen molar-refractivity contribution in [3.63, 3.8) is 0 Å². The zero-order valence-electron chi connectivity index (χ0n) is 13.8. The van der Waals surface area contributed by atoms with E-state index in [4.69, 9.17) is 4.74 Å². The Morgan fingerprint density at radius 2 is 1.86 bits per heavy atom.